The van der Waals surface area contributed by atoms with Gasteiger partial charge in [0.1, 0.15) is 0 Å². The molecule has 0 spiro atoms. The molecule has 0 saturated carbocycles. The Kier molecular flexibility index (Phi) is 7.69. The standard InChI is InChI=1S/C14H24N6.HI/c1-11(2)19-13(15)18-9-12-5-3-8-20(10-12)14-16-6-4-7-17-14;/h4,6-7,11-12H,3,5,8-10H2,1-2H3,(H3,15,18,19);1H. The van der Waals surface area contributed by atoms with Gasteiger partial charge in [-0.25, -0.2) is 9.97 Å². The number of guanidine groups is 1. The summed E-state index contributed by atoms with van der Waals surface area (Å²) in [6, 6.07) is 2.16. The molecule has 0 aromatic carbocycles. The number of aromatic nitrogens is 2. The maximum absolute atomic E-state index is 5.84. The van der Waals surface area contributed by atoms with Gasteiger partial charge in [0, 0.05) is 38.1 Å². The smallest absolute Gasteiger partial charge is 0.225 e. The zero-order valence-electron chi connectivity index (χ0n) is 12.7. The van der Waals surface area contributed by atoms with Crippen molar-refractivity contribution in [3.05, 3.63) is 18.5 Å². The minimum atomic E-state index is 0. The lowest BCUT2D eigenvalue weighted by Gasteiger charge is -2.32. The number of nitrogens with zero attached hydrogens (tertiary/aromatic N) is 4. The van der Waals surface area contributed by atoms with Crippen LogP contribution in [0.4, 0.5) is 5.95 Å². The van der Waals surface area contributed by atoms with Gasteiger partial charge in [-0.3, -0.25) is 4.99 Å². The lowest BCUT2D eigenvalue weighted by molar-refractivity contribution is 0.419. The number of hydrogen-bond donors (Lipinski definition) is 2. The summed E-state index contributed by atoms with van der Waals surface area (Å²) in [6.45, 7) is 6.83. The number of anilines is 1. The topological polar surface area (TPSA) is 79.4 Å². The van der Waals surface area contributed by atoms with Crippen molar-refractivity contribution in [1.82, 2.24) is 15.3 Å². The van der Waals surface area contributed by atoms with Gasteiger partial charge in [-0.15, -0.1) is 24.0 Å². The lowest BCUT2D eigenvalue weighted by atomic mass is 9.98. The highest BCUT2D eigenvalue weighted by atomic mass is 127. The average molecular weight is 404 g/mol. The molecule has 1 aromatic rings. The molecule has 2 heterocycles. The molecular formula is C14H25IN6. The Bertz CT molecular complexity index is 436. The summed E-state index contributed by atoms with van der Waals surface area (Å²) < 4.78 is 0. The van der Waals surface area contributed by atoms with Crippen LogP contribution >= 0.6 is 24.0 Å². The van der Waals surface area contributed by atoms with E-state index in [1.54, 1.807) is 12.4 Å². The van der Waals surface area contributed by atoms with Crippen LogP contribution in [-0.2, 0) is 0 Å². The molecule has 1 aromatic heterocycles. The summed E-state index contributed by atoms with van der Waals surface area (Å²) >= 11 is 0. The minimum absolute atomic E-state index is 0. The van der Waals surface area contributed by atoms with Gasteiger partial charge in [0.15, 0.2) is 5.96 Å². The number of halogens is 1. The predicted molar refractivity (Wildman–Crippen MR) is 97.1 cm³/mol. The maximum Gasteiger partial charge on any atom is 0.225 e. The van der Waals surface area contributed by atoms with E-state index in [1.165, 1.54) is 6.42 Å². The third-order valence-electron chi connectivity index (χ3n) is 3.31. The van der Waals surface area contributed by atoms with Crippen molar-refractivity contribution in [1.29, 1.82) is 0 Å². The Balaban J connectivity index is 0.00000220. The normalized spacial score (nSPS) is 19.3. The summed E-state index contributed by atoms with van der Waals surface area (Å²) in [5.41, 5.74) is 5.84. The predicted octanol–water partition coefficient (Wildman–Crippen LogP) is 1.62. The van der Waals surface area contributed by atoms with E-state index in [0.29, 0.717) is 17.9 Å². The van der Waals surface area contributed by atoms with Crippen LogP contribution in [0.2, 0.25) is 0 Å². The molecule has 1 aliphatic heterocycles. The van der Waals surface area contributed by atoms with Gasteiger partial charge in [-0.2, -0.15) is 0 Å². The zero-order chi connectivity index (χ0) is 14.4. The molecule has 0 bridgehead atoms. The second-order valence-electron chi connectivity index (χ2n) is 5.53. The maximum atomic E-state index is 5.84. The molecule has 6 nitrogen and oxygen atoms in total. The first-order valence-electron chi connectivity index (χ1n) is 7.23. The van der Waals surface area contributed by atoms with Crippen LogP contribution in [-0.4, -0.2) is 41.6 Å². The second kappa shape index (κ2) is 9.01. The Morgan fingerprint density at radius 3 is 2.86 bits per heavy atom. The van der Waals surface area contributed by atoms with Crippen LogP contribution < -0.4 is 16.0 Å². The molecule has 1 atom stereocenters. The van der Waals surface area contributed by atoms with E-state index in [1.807, 2.05) is 6.07 Å². The van der Waals surface area contributed by atoms with Crippen molar-refractivity contribution in [3.8, 4) is 0 Å². The number of hydrogen-bond acceptors (Lipinski definition) is 4. The third-order valence-corrected chi connectivity index (χ3v) is 3.31. The van der Waals surface area contributed by atoms with Crippen molar-refractivity contribution >= 4 is 35.9 Å². The van der Waals surface area contributed by atoms with Crippen LogP contribution in [0.15, 0.2) is 23.5 Å². The van der Waals surface area contributed by atoms with E-state index in [4.69, 9.17) is 5.73 Å². The zero-order valence-corrected chi connectivity index (χ0v) is 15.0. The van der Waals surface area contributed by atoms with E-state index < -0.39 is 0 Å². The molecular weight excluding hydrogens is 379 g/mol. The van der Waals surface area contributed by atoms with Crippen LogP contribution in [0, 0.1) is 5.92 Å². The van der Waals surface area contributed by atoms with Crippen molar-refractivity contribution in [2.24, 2.45) is 16.6 Å². The molecule has 1 aliphatic rings. The van der Waals surface area contributed by atoms with Crippen LogP contribution in [0.1, 0.15) is 26.7 Å². The average Bonchev–Trinajstić information content (AvgIpc) is 2.46. The lowest BCUT2D eigenvalue weighted by Crippen LogP contribution is -2.39. The van der Waals surface area contributed by atoms with Crippen molar-refractivity contribution in [3.63, 3.8) is 0 Å². The van der Waals surface area contributed by atoms with Crippen LogP contribution in [0.3, 0.4) is 0 Å². The van der Waals surface area contributed by atoms with Crippen molar-refractivity contribution in [2.45, 2.75) is 32.7 Å². The largest absolute Gasteiger partial charge is 0.370 e. The first kappa shape index (κ1) is 17.9. The van der Waals surface area contributed by atoms with Gasteiger partial charge in [-0.05, 0) is 38.7 Å². The van der Waals surface area contributed by atoms with Gasteiger partial charge >= 0.3 is 0 Å². The highest BCUT2D eigenvalue weighted by Crippen LogP contribution is 2.19. The van der Waals surface area contributed by atoms with E-state index in [-0.39, 0.29) is 24.0 Å². The Morgan fingerprint density at radius 1 is 1.48 bits per heavy atom. The van der Waals surface area contributed by atoms with Gasteiger partial charge in [0.05, 0.1) is 0 Å². The molecule has 118 valence electrons. The fourth-order valence-corrected chi connectivity index (χ4v) is 2.42. The van der Waals surface area contributed by atoms with Gasteiger partial charge in [-0.1, -0.05) is 0 Å². The Morgan fingerprint density at radius 2 is 2.19 bits per heavy atom. The Hall–Kier alpha value is -1.12. The summed E-state index contributed by atoms with van der Waals surface area (Å²) in [5, 5.41) is 3.11. The van der Waals surface area contributed by atoms with Gasteiger partial charge in [0.25, 0.3) is 0 Å². The highest BCUT2D eigenvalue weighted by Gasteiger charge is 2.21. The molecule has 1 fully saturated rings. The van der Waals surface area contributed by atoms with Gasteiger partial charge < -0.3 is 16.0 Å². The highest BCUT2D eigenvalue weighted by molar-refractivity contribution is 14.0. The van der Waals surface area contributed by atoms with Crippen molar-refractivity contribution < 1.29 is 0 Å². The van der Waals surface area contributed by atoms with Crippen LogP contribution in [0.25, 0.3) is 0 Å². The second-order valence-corrected chi connectivity index (χ2v) is 5.53. The first-order chi connectivity index (χ1) is 9.65. The van der Waals surface area contributed by atoms with E-state index in [9.17, 15) is 0 Å². The molecule has 21 heavy (non-hydrogen) atoms. The Labute approximate surface area is 143 Å². The quantitative estimate of drug-likeness (QED) is 0.453. The molecule has 0 amide bonds. The summed E-state index contributed by atoms with van der Waals surface area (Å²) in [7, 11) is 0. The van der Waals surface area contributed by atoms with E-state index in [2.05, 4.69) is 39.0 Å². The number of nitrogens with two attached hydrogens (primary N) is 1. The van der Waals surface area contributed by atoms with Gasteiger partial charge in [0.2, 0.25) is 5.95 Å². The summed E-state index contributed by atoms with van der Waals surface area (Å²) in [4.78, 5) is 15.3. The number of aliphatic imine (C=N–C) groups is 1. The summed E-state index contributed by atoms with van der Waals surface area (Å²) in [6.07, 6.45) is 5.90. The SMILES string of the molecule is CC(C)NC(N)=NCC1CCCN(c2ncccn2)C1.I. The molecule has 1 saturated heterocycles. The fraction of sp³-hybridized carbons (Fsp3) is 0.643. The van der Waals surface area contributed by atoms with Crippen molar-refractivity contribution in [2.75, 3.05) is 24.5 Å². The molecule has 7 heteroatoms. The van der Waals surface area contributed by atoms with E-state index >= 15 is 0 Å². The molecule has 2 rings (SSSR count). The monoisotopic (exact) mass is 404 g/mol. The van der Waals surface area contributed by atoms with E-state index in [0.717, 1.165) is 32.0 Å². The summed E-state index contributed by atoms with van der Waals surface area (Å²) in [5.74, 6) is 1.86. The number of piperidine rings is 1. The first-order valence-corrected chi connectivity index (χ1v) is 7.23. The molecule has 0 aliphatic carbocycles. The third kappa shape index (κ3) is 6.03. The number of rotatable bonds is 4. The molecule has 1 unspecified atom stereocenters. The minimum Gasteiger partial charge on any atom is -0.370 e. The number of nitrogens with one attached hydrogen (secondary N) is 1. The molecule has 3 N–H and O–H groups in total. The molecule has 0 radical (unpaired) electrons. The van der Waals surface area contributed by atoms with Crippen LogP contribution in [0.5, 0.6) is 0 Å². The fourth-order valence-electron chi connectivity index (χ4n) is 2.42.